The van der Waals surface area contributed by atoms with Crippen molar-refractivity contribution >= 4 is 110 Å². The fourth-order valence-corrected chi connectivity index (χ4v) is 0. The second kappa shape index (κ2) is 39.2. The van der Waals surface area contributed by atoms with Gasteiger partial charge in [-0.05, 0) is 0 Å². The maximum Gasteiger partial charge on any atom is 2.00 e. The molecule has 0 amide bonds. The van der Waals surface area contributed by atoms with Crippen LogP contribution in [-0.2, 0) is 16.4 Å². The summed E-state index contributed by atoms with van der Waals surface area (Å²) in [6, 6.07) is 0. The Bertz CT molecular complexity index is 10.8. The van der Waals surface area contributed by atoms with Gasteiger partial charge in [-0.2, -0.15) is 0 Å². The zero-order valence-electron chi connectivity index (χ0n) is 3.35. The zero-order valence-corrected chi connectivity index (χ0v) is 11.4. The topological polar surface area (TPSA) is 85.5 Å². The maximum absolute atomic E-state index is 0. The van der Waals surface area contributed by atoms with Crippen LogP contribution >= 0.6 is 0 Å². The second-order valence-electron chi connectivity index (χ2n) is 0. The Morgan fingerprint density at radius 2 is 0.667 bits per heavy atom. The van der Waals surface area contributed by atoms with E-state index in [4.69, 9.17) is 0 Å². The summed E-state index contributed by atoms with van der Waals surface area (Å²) in [5.74, 6) is 0. The van der Waals surface area contributed by atoms with Crippen LogP contribution in [0, 0.1) is 0 Å². The minimum Gasteiger partial charge on any atom is -2.00 e. The first-order chi connectivity index (χ1) is 0. The van der Waals surface area contributed by atoms with E-state index >= 15 is 0 Å². The van der Waals surface area contributed by atoms with Gasteiger partial charge in [-0.1, -0.05) is 0 Å². The van der Waals surface area contributed by atoms with Gasteiger partial charge in [-0.15, -0.1) is 0 Å². The van der Waals surface area contributed by atoms with Crippen LogP contribution in [0.3, 0.4) is 0 Å². The van der Waals surface area contributed by atoms with E-state index in [0.717, 1.165) is 0 Å². The molecule has 0 atom stereocenters. The third kappa shape index (κ3) is 25.9. The molecule has 3 nitrogen and oxygen atoms in total. The Morgan fingerprint density at radius 3 is 0.667 bits per heavy atom. The summed E-state index contributed by atoms with van der Waals surface area (Å²) in [6.45, 7) is 0. The fraction of sp³-hybridized carbons (Fsp3) is 0. The molecule has 6 heavy (non-hydrogen) atoms. The van der Waals surface area contributed by atoms with E-state index in [1.807, 2.05) is 0 Å². The van der Waals surface area contributed by atoms with Gasteiger partial charge in [-0.3, -0.25) is 0 Å². The van der Waals surface area contributed by atoms with E-state index in [1.54, 1.807) is 0 Å². The van der Waals surface area contributed by atoms with Crippen molar-refractivity contribution in [3.05, 3.63) is 0 Å². The molecule has 0 heterocycles. The van der Waals surface area contributed by atoms with Crippen LogP contribution in [0.5, 0.6) is 0 Å². The molecule has 0 aliphatic carbocycles. The average molecular weight is 250 g/mol. The second-order valence-corrected chi connectivity index (χ2v) is 0. The normalized spacial score (nSPS) is 0. The van der Waals surface area contributed by atoms with Crippen LogP contribution in [0.25, 0.3) is 0 Å². The van der Waals surface area contributed by atoms with Crippen molar-refractivity contribution in [3.8, 4) is 0 Å². The molecule has 0 radical (unpaired) electrons. The van der Waals surface area contributed by atoms with Crippen molar-refractivity contribution in [2.24, 2.45) is 0 Å². The monoisotopic (exact) mass is 250 g/mol. The van der Waals surface area contributed by atoms with Crippen molar-refractivity contribution in [1.29, 1.82) is 0 Å². The Kier molecular flexibility index (Phi) is 368. The summed E-state index contributed by atoms with van der Waals surface area (Å²) in [5.41, 5.74) is 0. The van der Waals surface area contributed by atoms with E-state index < -0.39 is 0 Å². The van der Waals surface area contributed by atoms with Crippen LogP contribution in [0.1, 0.15) is 0 Å². The smallest absolute Gasteiger partial charge is 2.00 e. The molecule has 6 heteroatoms. The number of rotatable bonds is 0. The summed E-state index contributed by atoms with van der Waals surface area (Å²) >= 11 is 0. The van der Waals surface area contributed by atoms with E-state index in [2.05, 4.69) is 0 Å². The Labute approximate surface area is 123 Å². The van der Waals surface area contributed by atoms with Crippen LogP contribution in [0.15, 0.2) is 0 Å². The Hall–Kier alpha value is 3.48. The molecule has 0 unspecified atom stereocenters. The zero-order chi connectivity index (χ0) is 0. The minimum absolute atomic E-state index is 0. The molecule has 0 aliphatic rings. The molecular weight excluding hydrogens is 250 g/mol. The minimum atomic E-state index is 0. The SMILES string of the molecule is [Ba+2].[Ca+2].[Mg+2].[O-2].[O-2].[O-2]. The van der Waals surface area contributed by atoms with Gasteiger partial charge < -0.3 is 16.4 Å². The van der Waals surface area contributed by atoms with Crippen molar-refractivity contribution in [2.75, 3.05) is 0 Å². The molecule has 0 aromatic heterocycles. The largest absolute Gasteiger partial charge is 2.00 e. The molecule has 0 aliphatic heterocycles. The standard InChI is InChI=1S/Ba.Ca.Mg.3O/q3*+2;3*-2. The van der Waals surface area contributed by atoms with E-state index in [-0.39, 0.29) is 126 Å². The molecule has 0 spiro atoms. The van der Waals surface area contributed by atoms with Gasteiger partial charge in [0.05, 0.1) is 0 Å². The van der Waals surface area contributed by atoms with Crippen LogP contribution in [0.4, 0.5) is 0 Å². The number of hydrogen-bond acceptors (Lipinski definition) is 0. The summed E-state index contributed by atoms with van der Waals surface area (Å²) in [5, 5.41) is 0. The van der Waals surface area contributed by atoms with E-state index in [1.165, 1.54) is 0 Å². The van der Waals surface area contributed by atoms with E-state index in [0.29, 0.717) is 0 Å². The molecule has 0 aromatic carbocycles. The first kappa shape index (κ1) is 56.3. The predicted octanol–water partition coefficient (Wildman–Crippen LogP) is -1.50. The quantitative estimate of drug-likeness (QED) is 0.468. The molecule has 0 aromatic rings. The Morgan fingerprint density at radius 1 is 0.667 bits per heavy atom. The summed E-state index contributed by atoms with van der Waals surface area (Å²) < 4.78 is 0. The van der Waals surface area contributed by atoms with Gasteiger partial charge in [0.1, 0.15) is 0 Å². The van der Waals surface area contributed by atoms with Crippen molar-refractivity contribution < 1.29 is 16.4 Å². The van der Waals surface area contributed by atoms with Gasteiger partial charge in [0.2, 0.25) is 0 Å². The fourth-order valence-electron chi connectivity index (χ4n) is 0. The van der Waals surface area contributed by atoms with Crippen LogP contribution < -0.4 is 0 Å². The van der Waals surface area contributed by atoms with E-state index in [9.17, 15) is 0 Å². The van der Waals surface area contributed by atoms with Crippen LogP contribution in [0.2, 0.25) is 0 Å². The first-order valence-corrected chi connectivity index (χ1v) is 0. The summed E-state index contributed by atoms with van der Waals surface area (Å²) in [4.78, 5) is 0. The molecule has 0 saturated carbocycles. The molecule has 0 N–H and O–H groups in total. The third-order valence-corrected chi connectivity index (χ3v) is 0. The maximum atomic E-state index is 0. The molecule has 24 valence electrons. The van der Waals surface area contributed by atoms with Gasteiger partial charge >= 0.3 is 110 Å². The first-order valence-electron chi connectivity index (χ1n) is 0. The van der Waals surface area contributed by atoms with Gasteiger partial charge in [0.25, 0.3) is 0 Å². The van der Waals surface area contributed by atoms with Crippen molar-refractivity contribution in [2.45, 2.75) is 0 Å². The summed E-state index contributed by atoms with van der Waals surface area (Å²) in [7, 11) is 0. The van der Waals surface area contributed by atoms with Crippen molar-refractivity contribution in [3.63, 3.8) is 0 Å². The molecule has 0 saturated heterocycles. The van der Waals surface area contributed by atoms with Gasteiger partial charge in [-0.25, -0.2) is 0 Å². The summed E-state index contributed by atoms with van der Waals surface area (Å²) in [6.07, 6.45) is 0. The van der Waals surface area contributed by atoms with Crippen molar-refractivity contribution in [1.82, 2.24) is 0 Å². The molecular formula is BaCaMgO3. The molecule has 0 rings (SSSR count). The average Bonchev–Trinajstić information content (AvgIpc) is 0. The molecule has 0 fully saturated rings. The molecule has 0 bridgehead atoms. The van der Waals surface area contributed by atoms with Gasteiger partial charge in [0, 0.05) is 0 Å². The number of hydrogen-bond donors (Lipinski definition) is 0. The van der Waals surface area contributed by atoms with Gasteiger partial charge in [0.15, 0.2) is 0 Å². The third-order valence-electron chi connectivity index (χ3n) is 0. The van der Waals surface area contributed by atoms with Crippen LogP contribution in [-0.4, -0.2) is 110 Å². The Balaban J connectivity index is 0. The predicted molar refractivity (Wildman–Crippen MR) is 19.3 cm³/mol.